The summed E-state index contributed by atoms with van der Waals surface area (Å²) in [5.41, 5.74) is 0.951. The lowest BCUT2D eigenvalue weighted by Gasteiger charge is -2.14. The minimum absolute atomic E-state index is 0.0967. The van der Waals surface area contributed by atoms with Gasteiger partial charge in [-0.25, -0.2) is 0 Å². The summed E-state index contributed by atoms with van der Waals surface area (Å²) in [4.78, 5) is 10.00. The van der Waals surface area contributed by atoms with Gasteiger partial charge in [-0.15, -0.1) is 11.6 Å². The van der Waals surface area contributed by atoms with Crippen LogP contribution in [0.4, 0.5) is 11.4 Å². The molecule has 0 bridgehead atoms. The molecule has 5 heteroatoms. The number of nitro benzene ring substituents is 1. The van der Waals surface area contributed by atoms with Crippen molar-refractivity contribution < 1.29 is 4.92 Å². The van der Waals surface area contributed by atoms with E-state index in [1.165, 1.54) is 12.1 Å². The molecule has 0 amide bonds. The molecular weight excluding hydrogens is 216 g/mol. The summed E-state index contributed by atoms with van der Waals surface area (Å²) in [6.07, 6.45) is 0.917. The van der Waals surface area contributed by atoms with Gasteiger partial charge in [-0.1, -0.05) is 6.92 Å². The first-order chi connectivity index (χ1) is 7.17. The second-order valence-electron chi connectivity index (χ2n) is 3.21. The van der Waals surface area contributed by atoms with Crippen molar-refractivity contribution in [3.05, 3.63) is 34.4 Å². The number of nitrogens with one attached hydrogen (secondary N) is 1. The molecule has 0 heterocycles. The molecule has 4 nitrogen and oxygen atoms in total. The molecule has 1 rings (SSSR count). The van der Waals surface area contributed by atoms with E-state index in [9.17, 15) is 10.1 Å². The number of anilines is 1. The molecule has 0 spiro atoms. The first kappa shape index (κ1) is 11.8. The summed E-state index contributed by atoms with van der Waals surface area (Å²) in [7, 11) is 0. The molecule has 1 N–H and O–H groups in total. The van der Waals surface area contributed by atoms with Crippen LogP contribution in [0.2, 0.25) is 0 Å². The smallest absolute Gasteiger partial charge is 0.269 e. The Morgan fingerprint density at radius 2 is 2.07 bits per heavy atom. The molecule has 1 unspecified atom stereocenters. The Morgan fingerprint density at radius 3 is 2.47 bits per heavy atom. The van der Waals surface area contributed by atoms with Crippen LogP contribution >= 0.6 is 11.6 Å². The lowest BCUT2D eigenvalue weighted by molar-refractivity contribution is -0.384. The summed E-state index contributed by atoms with van der Waals surface area (Å²) in [5.74, 6) is 0.521. The Balaban J connectivity index is 2.67. The number of halogens is 1. The molecule has 15 heavy (non-hydrogen) atoms. The Bertz CT molecular complexity index is 323. The van der Waals surface area contributed by atoms with Crippen LogP contribution < -0.4 is 5.32 Å². The number of non-ortho nitro benzene ring substituents is 1. The molecule has 0 aliphatic rings. The van der Waals surface area contributed by atoms with Crippen LogP contribution in [0, 0.1) is 10.1 Å². The number of hydrogen-bond donors (Lipinski definition) is 1. The van der Waals surface area contributed by atoms with Gasteiger partial charge in [0, 0.05) is 29.7 Å². The minimum Gasteiger partial charge on any atom is -0.381 e. The molecule has 0 aliphatic carbocycles. The fourth-order valence-corrected chi connectivity index (χ4v) is 1.46. The molecule has 0 aromatic heterocycles. The van der Waals surface area contributed by atoms with Gasteiger partial charge in [0.15, 0.2) is 0 Å². The van der Waals surface area contributed by atoms with Gasteiger partial charge in [0.05, 0.1) is 4.92 Å². The Kier molecular flexibility index (Phi) is 4.37. The maximum Gasteiger partial charge on any atom is 0.269 e. The van der Waals surface area contributed by atoms with Gasteiger partial charge >= 0.3 is 0 Å². The van der Waals surface area contributed by atoms with Crippen LogP contribution in [0.15, 0.2) is 24.3 Å². The largest absolute Gasteiger partial charge is 0.381 e. The zero-order valence-corrected chi connectivity index (χ0v) is 9.20. The van der Waals surface area contributed by atoms with Crippen LogP contribution in [0.3, 0.4) is 0 Å². The number of alkyl halides is 1. The number of nitro groups is 1. The molecule has 0 radical (unpaired) electrons. The van der Waals surface area contributed by atoms with Gasteiger partial charge in [-0.05, 0) is 18.6 Å². The molecule has 1 aromatic rings. The lowest BCUT2D eigenvalue weighted by Crippen LogP contribution is -2.19. The van der Waals surface area contributed by atoms with Gasteiger partial charge < -0.3 is 5.32 Å². The normalized spacial score (nSPS) is 12.1. The summed E-state index contributed by atoms with van der Waals surface area (Å²) < 4.78 is 0. The Hall–Kier alpha value is -1.29. The van der Waals surface area contributed by atoms with E-state index in [2.05, 4.69) is 5.32 Å². The highest BCUT2D eigenvalue weighted by Gasteiger charge is 2.06. The summed E-state index contributed by atoms with van der Waals surface area (Å²) >= 11 is 5.73. The average molecular weight is 229 g/mol. The zero-order chi connectivity index (χ0) is 11.3. The monoisotopic (exact) mass is 228 g/mol. The van der Waals surface area contributed by atoms with Crippen molar-refractivity contribution in [3.63, 3.8) is 0 Å². The molecule has 0 fully saturated rings. The van der Waals surface area contributed by atoms with E-state index < -0.39 is 4.92 Å². The van der Waals surface area contributed by atoms with E-state index in [1.807, 2.05) is 6.92 Å². The van der Waals surface area contributed by atoms with E-state index >= 15 is 0 Å². The predicted molar refractivity (Wildman–Crippen MR) is 61.5 cm³/mol. The van der Waals surface area contributed by atoms with Crippen molar-refractivity contribution in [2.75, 3.05) is 11.2 Å². The zero-order valence-electron chi connectivity index (χ0n) is 8.44. The average Bonchev–Trinajstić information content (AvgIpc) is 2.26. The topological polar surface area (TPSA) is 55.2 Å². The maximum atomic E-state index is 10.4. The Labute approximate surface area is 93.4 Å². The van der Waals surface area contributed by atoms with Crippen LogP contribution in [-0.2, 0) is 0 Å². The third-order valence-corrected chi connectivity index (χ3v) is 2.50. The van der Waals surface area contributed by atoms with E-state index in [4.69, 9.17) is 11.6 Å². The lowest BCUT2D eigenvalue weighted by atomic mass is 10.2. The number of hydrogen-bond acceptors (Lipinski definition) is 3. The third-order valence-electron chi connectivity index (χ3n) is 2.13. The van der Waals surface area contributed by atoms with Gasteiger partial charge in [0.25, 0.3) is 5.69 Å². The van der Waals surface area contributed by atoms with Crippen molar-refractivity contribution >= 4 is 23.0 Å². The molecule has 0 saturated carbocycles. The predicted octanol–water partition coefficient (Wildman–Crippen LogP) is 3.02. The molecule has 1 aromatic carbocycles. The first-order valence-corrected chi connectivity index (χ1v) is 5.27. The summed E-state index contributed by atoms with van der Waals surface area (Å²) in [6, 6.07) is 6.53. The molecule has 82 valence electrons. The fourth-order valence-electron chi connectivity index (χ4n) is 1.16. The summed E-state index contributed by atoms with van der Waals surface area (Å²) in [6.45, 7) is 2.03. The van der Waals surface area contributed by atoms with Gasteiger partial charge in [-0.2, -0.15) is 0 Å². The van der Waals surface area contributed by atoms with Crippen LogP contribution in [0.1, 0.15) is 13.3 Å². The minimum atomic E-state index is -0.414. The van der Waals surface area contributed by atoms with E-state index in [0.717, 1.165) is 12.1 Å². The van der Waals surface area contributed by atoms with Crippen molar-refractivity contribution in [1.82, 2.24) is 0 Å². The molecular formula is C10H13ClN2O2. The van der Waals surface area contributed by atoms with E-state index in [1.54, 1.807) is 12.1 Å². The molecule has 1 atom stereocenters. The number of nitrogens with zero attached hydrogens (tertiary/aromatic N) is 1. The highest BCUT2D eigenvalue weighted by molar-refractivity contribution is 6.18. The Morgan fingerprint density at radius 1 is 1.47 bits per heavy atom. The number of benzene rings is 1. The van der Waals surface area contributed by atoms with E-state index in [-0.39, 0.29) is 11.7 Å². The number of rotatable bonds is 5. The van der Waals surface area contributed by atoms with Crippen molar-refractivity contribution in [2.45, 2.75) is 19.4 Å². The van der Waals surface area contributed by atoms with Crippen molar-refractivity contribution in [2.24, 2.45) is 0 Å². The third kappa shape index (κ3) is 3.40. The highest BCUT2D eigenvalue weighted by atomic mass is 35.5. The summed E-state index contributed by atoms with van der Waals surface area (Å²) in [5, 5.41) is 13.6. The standard InChI is InChI=1S/C10H13ClN2O2/c1-2-8(7-11)12-9-3-5-10(6-4-9)13(14)15/h3-6,8,12H,2,7H2,1H3. The second-order valence-corrected chi connectivity index (χ2v) is 3.52. The molecule has 0 aliphatic heterocycles. The van der Waals surface area contributed by atoms with Gasteiger partial charge in [-0.3, -0.25) is 10.1 Å². The quantitative estimate of drug-likeness (QED) is 0.479. The fraction of sp³-hybridized carbons (Fsp3) is 0.400. The molecule has 0 saturated heterocycles. The maximum absolute atomic E-state index is 10.4. The van der Waals surface area contributed by atoms with E-state index in [0.29, 0.717) is 5.88 Å². The van der Waals surface area contributed by atoms with Crippen molar-refractivity contribution in [3.8, 4) is 0 Å². The van der Waals surface area contributed by atoms with Gasteiger partial charge in [0.2, 0.25) is 0 Å². The van der Waals surface area contributed by atoms with Crippen LogP contribution in [-0.4, -0.2) is 16.8 Å². The SMILES string of the molecule is CCC(CCl)Nc1ccc([N+](=O)[O-])cc1. The van der Waals surface area contributed by atoms with Gasteiger partial charge in [0.1, 0.15) is 0 Å². The second kappa shape index (κ2) is 5.56. The van der Waals surface area contributed by atoms with Crippen LogP contribution in [0.5, 0.6) is 0 Å². The van der Waals surface area contributed by atoms with Crippen molar-refractivity contribution in [1.29, 1.82) is 0 Å². The van der Waals surface area contributed by atoms with Crippen LogP contribution in [0.25, 0.3) is 0 Å². The highest BCUT2D eigenvalue weighted by Crippen LogP contribution is 2.16. The first-order valence-electron chi connectivity index (χ1n) is 4.74.